The van der Waals surface area contributed by atoms with Gasteiger partial charge >= 0.3 is 0 Å². The minimum atomic E-state index is -0.317. The number of benzene rings is 1. The standard InChI is InChI=1S/C14H21NO/c1-3-14(16)11-7-9-13(10-8-11)15(2)12-5-4-6-12/h7-10,12,14,16H,3-6H2,1-2H3/t14-/m0/s1. The van der Waals surface area contributed by atoms with Crippen molar-refractivity contribution in [2.75, 3.05) is 11.9 Å². The van der Waals surface area contributed by atoms with Gasteiger partial charge in [-0.05, 0) is 43.4 Å². The van der Waals surface area contributed by atoms with Crippen molar-refractivity contribution in [2.24, 2.45) is 0 Å². The maximum atomic E-state index is 9.71. The average molecular weight is 219 g/mol. The molecule has 2 nitrogen and oxygen atoms in total. The predicted molar refractivity (Wildman–Crippen MR) is 67.7 cm³/mol. The van der Waals surface area contributed by atoms with Gasteiger partial charge in [0.05, 0.1) is 6.10 Å². The smallest absolute Gasteiger partial charge is 0.0787 e. The van der Waals surface area contributed by atoms with E-state index in [1.54, 1.807) is 0 Å². The lowest BCUT2D eigenvalue weighted by Crippen LogP contribution is -2.37. The van der Waals surface area contributed by atoms with Gasteiger partial charge in [-0.15, -0.1) is 0 Å². The molecular weight excluding hydrogens is 198 g/mol. The highest BCUT2D eigenvalue weighted by Crippen LogP contribution is 2.29. The summed E-state index contributed by atoms with van der Waals surface area (Å²) in [5.74, 6) is 0. The van der Waals surface area contributed by atoms with Crippen molar-refractivity contribution < 1.29 is 5.11 Å². The lowest BCUT2D eigenvalue weighted by molar-refractivity contribution is 0.173. The molecule has 0 unspecified atom stereocenters. The summed E-state index contributed by atoms with van der Waals surface area (Å²) in [6.45, 7) is 2.00. The first-order valence-corrected chi connectivity index (χ1v) is 6.23. The molecule has 1 aromatic carbocycles. The van der Waals surface area contributed by atoms with Crippen LogP contribution in [0.1, 0.15) is 44.3 Å². The maximum Gasteiger partial charge on any atom is 0.0787 e. The quantitative estimate of drug-likeness (QED) is 0.841. The molecule has 1 atom stereocenters. The van der Waals surface area contributed by atoms with Crippen molar-refractivity contribution in [3.05, 3.63) is 29.8 Å². The highest BCUT2D eigenvalue weighted by atomic mass is 16.3. The fourth-order valence-corrected chi connectivity index (χ4v) is 2.15. The van der Waals surface area contributed by atoms with E-state index in [2.05, 4.69) is 24.1 Å². The molecule has 0 aromatic heterocycles. The van der Waals surface area contributed by atoms with Gasteiger partial charge in [0.15, 0.2) is 0 Å². The minimum Gasteiger partial charge on any atom is -0.388 e. The first kappa shape index (κ1) is 11.5. The number of hydrogen-bond acceptors (Lipinski definition) is 2. The Morgan fingerprint density at radius 3 is 2.38 bits per heavy atom. The number of hydrogen-bond donors (Lipinski definition) is 1. The second-order valence-electron chi connectivity index (χ2n) is 4.71. The van der Waals surface area contributed by atoms with Crippen molar-refractivity contribution >= 4 is 5.69 Å². The monoisotopic (exact) mass is 219 g/mol. The zero-order chi connectivity index (χ0) is 11.5. The molecule has 1 N–H and O–H groups in total. The molecular formula is C14H21NO. The van der Waals surface area contributed by atoms with E-state index in [9.17, 15) is 5.11 Å². The van der Waals surface area contributed by atoms with Crippen LogP contribution in [0.15, 0.2) is 24.3 Å². The second-order valence-corrected chi connectivity index (χ2v) is 4.71. The Balaban J connectivity index is 2.06. The van der Waals surface area contributed by atoms with E-state index in [0.29, 0.717) is 0 Å². The number of anilines is 1. The summed E-state index contributed by atoms with van der Waals surface area (Å²) in [5, 5.41) is 9.71. The van der Waals surface area contributed by atoms with Crippen LogP contribution in [0.5, 0.6) is 0 Å². The summed E-state index contributed by atoms with van der Waals surface area (Å²) in [5.41, 5.74) is 2.28. The highest BCUT2D eigenvalue weighted by Gasteiger charge is 2.22. The number of nitrogens with zero attached hydrogens (tertiary/aromatic N) is 1. The molecule has 0 radical (unpaired) electrons. The maximum absolute atomic E-state index is 9.71. The van der Waals surface area contributed by atoms with Crippen LogP contribution in [0.25, 0.3) is 0 Å². The molecule has 0 saturated heterocycles. The van der Waals surface area contributed by atoms with Crippen LogP contribution in [0, 0.1) is 0 Å². The van der Waals surface area contributed by atoms with E-state index in [1.807, 2.05) is 19.1 Å². The molecule has 1 aliphatic carbocycles. The zero-order valence-electron chi connectivity index (χ0n) is 10.2. The largest absolute Gasteiger partial charge is 0.388 e. The number of aliphatic hydroxyl groups excluding tert-OH is 1. The molecule has 0 aliphatic heterocycles. The lowest BCUT2D eigenvalue weighted by Gasteiger charge is -2.36. The van der Waals surface area contributed by atoms with E-state index in [4.69, 9.17) is 0 Å². The SMILES string of the molecule is CC[C@H](O)c1ccc(N(C)C2CCC2)cc1. The Hall–Kier alpha value is -1.02. The number of aliphatic hydroxyl groups is 1. The third-order valence-corrected chi connectivity index (χ3v) is 3.69. The lowest BCUT2D eigenvalue weighted by atomic mass is 9.91. The van der Waals surface area contributed by atoms with Gasteiger partial charge in [-0.2, -0.15) is 0 Å². The Morgan fingerprint density at radius 1 is 1.31 bits per heavy atom. The van der Waals surface area contributed by atoms with Gasteiger partial charge in [-0.25, -0.2) is 0 Å². The molecule has 88 valence electrons. The van der Waals surface area contributed by atoms with Gasteiger partial charge in [-0.1, -0.05) is 19.1 Å². The summed E-state index contributed by atoms with van der Waals surface area (Å²) >= 11 is 0. The van der Waals surface area contributed by atoms with E-state index in [-0.39, 0.29) is 6.10 Å². The van der Waals surface area contributed by atoms with Crippen LogP contribution in [0.2, 0.25) is 0 Å². The molecule has 1 fully saturated rings. The molecule has 0 heterocycles. The van der Waals surface area contributed by atoms with Gasteiger partial charge in [0.1, 0.15) is 0 Å². The van der Waals surface area contributed by atoms with E-state index in [1.165, 1.54) is 24.9 Å². The Bertz CT molecular complexity index is 329. The summed E-state index contributed by atoms with van der Waals surface area (Å²) in [7, 11) is 2.16. The Kier molecular flexibility index (Phi) is 3.49. The van der Waals surface area contributed by atoms with Crippen LogP contribution in [-0.2, 0) is 0 Å². The third-order valence-electron chi connectivity index (χ3n) is 3.69. The van der Waals surface area contributed by atoms with Crippen LogP contribution in [0.4, 0.5) is 5.69 Å². The van der Waals surface area contributed by atoms with Crippen LogP contribution < -0.4 is 4.90 Å². The summed E-state index contributed by atoms with van der Waals surface area (Å²) in [4.78, 5) is 2.35. The van der Waals surface area contributed by atoms with Crippen molar-refractivity contribution in [1.29, 1.82) is 0 Å². The van der Waals surface area contributed by atoms with Gasteiger partial charge in [0, 0.05) is 18.8 Å². The summed E-state index contributed by atoms with van der Waals surface area (Å²) < 4.78 is 0. The van der Waals surface area contributed by atoms with Gasteiger partial charge in [0.2, 0.25) is 0 Å². The molecule has 2 heteroatoms. The minimum absolute atomic E-state index is 0.317. The number of rotatable bonds is 4. The van der Waals surface area contributed by atoms with E-state index >= 15 is 0 Å². The third kappa shape index (κ3) is 2.22. The van der Waals surface area contributed by atoms with Crippen LogP contribution in [0.3, 0.4) is 0 Å². The van der Waals surface area contributed by atoms with Crippen molar-refractivity contribution in [3.63, 3.8) is 0 Å². The Labute approximate surface area is 97.9 Å². The molecule has 1 saturated carbocycles. The summed E-state index contributed by atoms with van der Waals surface area (Å²) in [6.07, 6.45) is 4.45. The molecule has 1 aliphatic rings. The Morgan fingerprint density at radius 2 is 1.94 bits per heavy atom. The van der Waals surface area contributed by atoms with Crippen molar-refractivity contribution in [2.45, 2.75) is 44.8 Å². The molecule has 0 bridgehead atoms. The fraction of sp³-hybridized carbons (Fsp3) is 0.571. The molecule has 0 spiro atoms. The second kappa shape index (κ2) is 4.88. The molecule has 2 rings (SSSR count). The zero-order valence-corrected chi connectivity index (χ0v) is 10.2. The predicted octanol–water partition coefficient (Wildman–Crippen LogP) is 3.12. The first-order valence-electron chi connectivity index (χ1n) is 6.23. The van der Waals surface area contributed by atoms with Crippen molar-refractivity contribution in [3.8, 4) is 0 Å². The summed E-state index contributed by atoms with van der Waals surface area (Å²) in [6, 6.07) is 9.04. The highest BCUT2D eigenvalue weighted by molar-refractivity contribution is 5.48. The first-order chi connectivity index (χ1) is 7.72. The average Bonchev–Trinajstić information content (AvgIpc) is 2.26. The van der Waals surface area contributed by atoms with E-state index < -0.39 is 0 Å². The molecule has 1 aromatic rings. The van der Waals surface area contributed by atoms with Gasteiger partial charge in [-0.3, -0.25) is 0 Å². The van der Waals surface area contributed by atoms with Gasteiger partial charge in [0.25, 0.3) is 0 Å². The van der Waals surface area contributed by atoms with Gasteiger partial charge < -0.3 is 10.0 Å². The van der Waals surface area contributed by atoms with E-state index in [0.717, 1.165) is 18.0 Å². The fourth-order valence-electron chi connectivity index (χ4n) is 2.15. The molecule has 0 amide bonds. The molecule has 16 heavy (non-hydrogen) atoms. The van der Waals surface area contributed by atoms with Crippen molar-refractivity contribution in [1.82, 2.24) is 0 Å². The van der Waals surface area contributed by atoms with Crippen LogP contribution in [-0.4, -0.2) is 18.2 Å². The topological polar surface area (TPSA) is 23.5 Å². The normalized spacial score (nSPS) is 17.9. The van der Waals surface area contributed by atoms with Crippen LogP contribution >= 0.6 is 0 Å².